The molecule has 0 radical (unpaired) electrons. The number of Topliss-reactive ketones (excluding diaryl/α,β-unsaturated/α-hetero) is 1. The van der Waals surface area contributed by atoms with Crippen LogP contribution in [0.5, 0.6) is 5.75 Å². The van der Waals surface area contributed by atoms with E-state index in [1.54, 1.807) is 0 Å². The lowest BCUT2D eigenvalue weighted by Gasteiger charge is -2.06. The fourth-order valence-electron chi connectivity index (χ4n) is 1.87. The minimum atomic E-state index is -2.97. The second-order valence-electron chi connectivity index (χ2n) is 4.71. The molecule has 0 heterocycles. The normalized spacial score (nSPS) is 10.4. The summed E-state index contributed by atoms with van der Waals surface area (Å²) in [5.74, 6) is -1.57. The highest BCUT2D eigenvalue weighted by molar-refractivity contribution is 5.99. The van der Waals surface area contributed by atoms with E-state index in [0.717, 1.165) is 6.07 Å². The fourth-order valence-corrected chi connectivity index (χ4v) is 1.87. The third-order valence-electron chi connectivity index (χ3n) is 3.03. The van der Waals surface area contributed by atoms with E-state index in [9.17, 15) is 28.5 Å². The summed E-state index contributed by atoms with van der Waals surface area (Å²) in [5.41, 5.74) is -0.216. The second kappa shape index (κ2) is 7.95. The first-order valence-electron chi connectivity index (χ1n) is 6.86. The molecule has 0 atom stereocenters. The van der Waals surface area contributed by atoms with E-state index in [2.05, 4.69) is 4.74 Å². The van der Waals surface area contributed by atoms with Crippen LogP contribution in [0.15, 0.2) is 48.5 Å². The lowest BCUT2D eigenvalue weighted by Crippen LogP contribution is -2.14. The third kappa shape index (κ3) is 5.06. The number of hydrogen-bond acceptors (Lipinski definition) is 6. The van der Waals surface area contributed by atoms with Crippen LogP contribution < -0.4 is 4.74 Å². The maximum Gasteiger partial charge on any atom is 0.387 e. The first-order valence-corrected chi connectivity index (χ1v) is 6.86. The first-order chi connectivity index (χ1) is 11.9. The van der Waals surface area contributed by atoms with E-state index in [-0.39, 0.29) is 22.6 Å². The molecule has 0 aromatic heterocycles. The Morgan fingerprint density at radius 2 is 1.76 bits per heavy atom. The predicted molar refractivity (Wildman–Crippen MR) is 80.8 cm³/mol. The summed E-state index contributed by atoms with van der Waals surface area (Å²) in [5, 5.41) is 10.7. The summed E-state index contributed by atoms with van der Waals surface area (Å²) in [4.78, 5) is 33.7. The van der Waals surface area contributed by atoms with Crippen molar-refractivity contribution in [1.82, 2.24) is 0 Å². The van der Waals surface area contributed by atoms with Crippen LogP contribution in [0.3, 0.4) is 0 Å². The van der Waals surface area contributed by atoms with Gasteiger partial charge in [0.2, 0.25) is 0 Å². The van der Waals surface area contributed by atoms with Gasteiger partial charge in [-0.3, -0.25) is 14.9 Å². The number of nitrogens with zero attached hydrogens (tertiary/aromatic N) is 1. The lowest BCUT2D eigenvalue weighted by atomic mass is 10.1. The smallest absolute Gasteiger partial charge is 0.387 e. The molecule has 0 fully saturated rings. The number of nitro benzene ring substituents is 1. The molecule has 2 aromatic carbocycles. The summed E-state index contributed by atoms with van der Waals surface area (Å²) in [6.45, 7) is -3.58. The van der Waals surface area contributed by atoms with E-state index in [4.69, 9.17) is 4.74 Å². The molecule has 2 aromatic rings. The van der Waals surface area contributed by atoms with E-state index in [0.29, 0.717) is 0 Å². The van der Waals surface area contributed by atoms with Gasteiger partial charge in [-0.1, -0.05) is 6.07 Å². The van der Waals surface area contributed by atoms with E-state index >= 15 is 0 Å². The number of benzene rings is 2. The van der Waals surface area contributed by atoms with Crippen molar-refractivity contribution in [3.63, 3.8) is 0 Å². The van der Waals surface area contributed by atoms with Gasteiger partial charge in [0, 0.05) is 17.7 Å². The molecule has 0 amide bonds. The Morgan fingerprint density at radius 3 is 2.36 bits per heavy atom. The van der Waals surface area contributed by atoms with Gasteiger partial charge in [0.15, 0.2) is 12.4 Å². The quantitative estimate of drug-likeness (QED) is 0.329. The molecule has 130 valence electrons. The van der Waals surface area contributed by atoms with Crippen LogP contribution in [-0.2, 0) is 4.74 Å². The van der Waals surface area contributed by atoms with Gasteiger partial charge >= 0.3 is 12.6 Å². The summed E-state index contributed by atoms with van der Waals surface area (Å²) >= 11 is 0. The number of halogens is 2. The van der Waals surface area contributed by atoms with Crippen LogP contribution in [0.1, 0.15) is 20.7 Å². The Kier molecular flexibility index (Phi) is 5.72. The van der Waals surface area contributed by atoms with Crippen LogP contribution in [0.4, 0.5) is 14.5 Å². The Morgan fingerprint density at radius 1 is 1.08 bits per heavy atom. The molecule has 25 heavy (non-hydrogen) atoms. The minimum Gasteiger partial charge on any atom is -0.454 e. The topological polar surface area (TPSA) is 95.7 Å². The van der Waals surface area contributed by atoms with Crippen LogP contribution in [0.2, 0.25) is 0 Å². The predicted octanol–water partition coefficient (Wildman–Crippen LogP) is 3.24. The highest BCUT2D eigenvalue weighted by Gasteiger charge is 2.15. The number of nitro groups is 1. The van der Waals surface area contributed by atoms with Crippen molar-refractivity contribution in [2.75, 3.05) is 6.61 Å². The van der Waals surface area contributed by atoms with Gasteiger partial charge < -0.3 is 9.47 Å². The average Bonchev–Trinajstić information content (AvgIpc) is 2.59. The number of carbonyl (C=O) groups is 2. The zero-order valence-corrected chi connectivity index (χ0v) is 12.6. The molecule has 0 unspecified atom stereocenters. The highest BCUT2D eigenvalue weighted by Crippen LogP contribution is 2.16. The number of esters is 1. The molecule has 0 aliphatic heterocycles. The number of ether oxygens (including phenoxy) is 2. The Labute approximate surface area is 139 Å². The van der Waals surface area contributed by atoms with Crippen molar-refractivity contribution in [3.05, 3.63) is 69.8 Å². The minimum absolute atomic E-state index is 0.0670. The number of ketones is 1. The number of carbonyl (C=O) groups excluding carboxylic acids is 2. The Bertz CT molecular complexity index is 791. The fraction of sp³-hybridized carbons (Fsp3) is 0.125. The number of alkyl halides is 2. The number of rotatable bonds is 7. The van der Waals surface area contributed by atoms with Gasteiger partial charge in [-0.05, 0) is 30.3 Å². The SMILES string of the molecule is O=C(COC(=O)c1cccc([N+](=O)[O-])c1)c1ccc(OC(F)F)cc1. The maximum absolute atomic E-state index is 12.0. The van der Waals surface area contributed by atoms with Crippen LogP contribution in [-0.4, -0.2) is 29.9 Å². The van der Waals surface area contributed by atoms with Crippen molar-refractivity contribution < 1.29 is 32.8 Å². The summed E-state index contributed by atoms with van der Waals surface area (Å²) < 4.78 is 33.0. The van der Waals surface area contributed by atoms with Crippen LogP contribution in [0, 0.1) is 10.1 Å². The van der Waals surface area contributed by atoms with Crippen molar-refractivity contribution in [3.8, 4) is 5.75 Å². The van der Waals surface area contributed by atoms with E-state index < -0.39 is 29.9 Å². The van der Waals surface area contributed by atoms with E-state index in [1.165, 1.54) is 42.5 Å². The maximum atomic E-state index is 12.0. The zero-order valence-electron chi connectivity index (χ0n) is 12.6. The molecule has 0 saturated carbocycles. The van der Waals surface area contributed by atoms with Crippen LogP contribution in [0.25, 0.3) is 0 Å². The van der Waals surface area contributed by atoms with Gasteiger partial charge in [0.1, 0.15) is 5.75 Å². The highest BCUT2D eigenvalue weighted by atomic mass is 19.3. The lowest BCUT2D eigenvalue weighted by molar-refractivity contribution is -0.384. The zero-order chi connectivity index (χ0) is 18.4. The standard InChI is InChI=1S/C16H11F2NO6/c17-16(18)25-13-6-4-10(5-7-13)14(20)9-24-15(21)11-2-1-3-12(8-11)19(22)23/h1-8,16H,9H2. The summed E-state index contributed by atoms with van der Waals surface area (Å²) in [6, 6.07) is 9.74. The number of non-ortho nitro benzene ring substituents is 1. The molecular formula is C16H11F2NO6. The van der Waals surface area contributed by atoms with Crippen molar-refractivity contribution >= 4 is 17.4 Å². The van der Waals surface area contributed by atoms with Gasteiger partial charge in [-0.25, -0.2) is 4.79 Å². The summed E-state index contributed by atoms with van der Waals surface area (Å²) in [7, 11) is 0. The Balaban J connectivity index is 1.96. The molecule has 0 aliphatic rings. The van der Waals surface area contributed by atoms with Gasteiger partial charge in [0.25, 0.3) is 5.69 Å². The van der Waals surface area contributed by atoms with Crippen molar-refractivity contribution in [1.29, 1.82) is 0 Å². The second-order valence-corrected chi connectivity index (χ2v) is 4.71. The molecule has 9 heteroatoms. The summed E-state index contributed by atoms with van der Waals surface area (Å²) in [6.07, 6.45) is 0. The molecule has 0 aliphatic carbocycles. The molecule has 0 N–H and O–H groups in total. The molecule has 0 bridgehead atoms. The molecule has 2 rings (SSSR count). The first kappa shape index (κ1) is 18.0. The van der Waals surface area contributed by atoms with Crippen molar-refractivity contribution in [2.24, 2.45) is 0 Å². The van der Waals surface area contributed by atoms with Crippen LogP contribution >= 0.6 is 0 Å². The van der Waals surface area contributed by atoms with E-state index in [1.807, 2.05) is 0 Å². The molecular weight excluding hydrogens is 340 g/mol. The number of hydrogen-bond donors (Lipinski definition) is 0. The van der Waals surface area contributed by atoms with Gasteiger partial charge in [-0.2, -0.15) is 8.78 Å². The molecule has 7 nitrogen and oxygen atoms in total. The average molecular weight is 351 g/mol. The Hall–Kier alpha value is -3.36. The largest absolute Gasteiger partial charge is 0.454 e. The van der Waals surface area contributed by atoms with Gasteiger partial charge in [-0.15, -0.1) is 0 Å². The monoisotopic (exact) mass is 351 g/mol. The van der Waals surface area contributed by atoms with Crippen molar-refractivity contribution in [2.45, 2.75) is 6.61 Å². The molecule has 0 spiro atoms. The third-order valence-corrected chi connectivity index (χ3v) is 3.03. The molecule has 0 saturated heterocycles. The van der Waals surface area contributed by atoms with Gasteiger partial charge in [0.05, 0.1) is 10.5 Å².